The van der Waals surface area contributed by atoms with Crippen LogP contribution in [0.5, 0.6) is 23.0 Å². The summed E-state index contributed by atoms with van der Waals surface area (Å²) in [5, 5.41) is 1.78. The zero-order valence-corrected chi connectivity index (χ0v) is 17.0. The SMILES string of the molecule is CC=CCOc1ccc2ccccc2c1C(=O)c1cc(OC)c(OC)c(OC)c1. The van der Waals surface area contributed by atoms with Gasteiger partial charge < -0.3 is 18.9 Å². The molecule has 5 nitrogen and oxygen atoms in total. The van der Waals surface area contributed by atoms with Crippen molar-refractivity contribution in [2.75, 3.05) is 27.9 Å². The molecule has 0 aromatic heterocycles. The Morgan fingerprint density at radius 3 is 2.21 bits per heavy atom. The van der Waals surface area contributed by atoms with Crippen molar-refractivity contribution in [3.63, 3.8) is 0 Å². The Hall–Kier alpha value is -3.47. The molecule has 3 aromatic rings. The second-order valence-electron chi connectivity index (χ2n) is 6.28. The van der Waals surface area contributed by atoms with E-state index in [0.29, 0.717) is 40.7 Å². The van der Waals surface area contributed by atoms with E-state index in [4.69, 9.17) is 18.9 Å². The summed E-state index contributed by atoms with van der Waals surface area (Å²) in [6.07, 6.45) is 3.80. The van der Waals surface area contributed by atoms with Crippen molar-refractivity contribution in [1.29, 1.82) is 0 Å². The van der Waals surface area contributed by atoms with Crippen molar-refractivity contribution in [2.45, 2.75) is 6.92 Å². The Bertz CT molecular complexity index is 1030. The van der Waals surface area contributed by atoms with Gasteiger partial charge in [0.05, 0.1) is 26.9 Å². The lowest BCUT2D eigenvalue weighted by atomic mass is 9.95. The van der Waals surface area contributed by atoms with Gasteiger partial charge in [0.25, 0.3) is 0 Å². The molecule has 0 saturated heterocycles. The molecule has 0 bridgehead atoms. The van der Waals surface area contributed by atoms with Gasteiger partial charge in [-0.2, -0.15) is 0 Å². The summed E-state index contributed by atoms with van der Waals surface area (Å²) < 4.78 is 22.1. The molecule has 29 heavy (non-hydrogen) atoms. The molecule has 0 heterocycles. The van der Waals surface area contributed by atoms with Gasteiger partial charge in [-0.3, -0.25) is 4.79 Å². The Morgan fingerprint density at radius 1 is 0.897 bits per heavy atom. The van der Waals surface area contributed by atoms with Gasteiger partial charge in [0.1, 0.15) is 12.4 Å². The number of rotatable bonds is 8. The van der Waals surface area contributed by atoms with Crippen molar-refractivity contribution in [1.82, 2.24) is 0 Å². The molecule has 0 radical (unpaired) electrons. The molecule has 0 aliphatic rings. The van der Waals surface area contributed by atoms with Crippen LogP contribution in [-0.4, -0.2) is 33.7 Å². The highest BCUT2D eigenvalue weighted by atomic mass is 16.5. The molecule has 0 spiro atoms. The first-order valence-corrected chi connectivity index (χ1v) is 9.25. The van der Waals surface area contributed by atoms with E-state index >= 15 is 0 Å². The van der Waals surface area contributed by atoms with Crippen LogP contribution < -0.4 is 18.9 Å². The van der Waals surface area contributed by atoms with Crippen LogP contribution in [0.3, 0.4) is 0 Å². The monoisotopic (exact) mass is 392 g/mol. The lowest BCUT2D eigenvalue weighted by Gasteiger charge is -2.16. The molecule has 0 atom stereocenters. The molecular weight excluding hydrogens is 368 g/mol. The lowest BCUT2D eigenvalue weighted by molar-refractivity contribution is 0.103. The Morgan fingerprint density at radius 2 is 1.59 bits per heavy atom. The number of ether oxygens (including phenoxy) is 4. The van der Waals surface area contributed by atoms with Crippen LogP contribution in [0.25, 0.3) is 10.8 Å². The average molecular weight is 392 g/mol. The number of carbonyl (C=O) groups excluding carboxylic acids is 1. The predicted molar refractivity (Wildman–Crippen MR) is 114 cm³/mol. The molecule has 0 aliphatic heterocycles. The van der Waals surface area contributed by atoms with E-state index in [0.717, 1.165) is 10.8 Å². The zero-order chi connectivity index (χ0) is 20.8. The van der Waals surface area contributed by atoms with Crippen LogP contribution in [0.1, 0.15) is 22.8 Å². The fourth-order valence-corrected chi connectivity index (χ4v) is 3.20. The van der Waals surface area contributed by atoms with Gasteiger partial charge >= 0.3 is 0 Å². The predicted octanol–water partition coefficient (Wildman–Crippen LogP) is 5.05. The maximum Gasteiger partial charge on any atom is 0.203 e. The second-order valence-corrected chi connectivity index (χ2v) is 6.28. The summed E-state index contributed by atoms with van der Waals surface area (Å²) in [6.45, 7) is 2.30. The number of ketones is 1. The van der Waals surface area contributed by atoms with Gasteiger partial charge in [0.2, 0.25) is 5.75 Å². The summed E-state index contributed by atoms with van der Waals surface area (Å²) in [5.41, 5.74) is 0.925. The van der Waals surface area contributed by atoms with Crippen molar-refractivity contribution < 1.29 is 23.7 Å². The summed E-state index contributed by atoms with van der Waals surface area (Å²) >= 11 is 0. The molecule has 0 amide bonds. The van der Waals surface area contributed by atoms with E-state index < -0.39 is 0 Å². The topological polar surface area (TPSA) is 54.0 Å². The van der Waals surface area contributed by atoms with Crippen LogP contribution in [-0.2, 0) is 0 Å². The number of methoxy groups -OCH3 is 3. The molecule has 0 unspecified atom stereocenters. The van der Waals surface area contributed by atoms with Crippen LogP contribution in [0.4, 0.5) is 0 Å². The normalized spacial score (nSPS) is 10.9. The van der Waals surface area contributed by atoms with E-state index in [2.05, 4.69) is 0 Å². The molecule has 150 valence electrons. The van der Waals surface area contributed by atoms with Crippen LogP contribution in [0.15, 0.2) is 60.7 Å². The molecule has 0 saturated carbocycles. The smallest absolute Gasteiger partial charge is 0.203 e. The molecular formula is C24H24O5. The quantitative estimate of drug-likeness (QED) is 0.397. The van der Waals surface area contributed by atoms with Gasteiger partial charge in [-0.15, -0.1) is 0 Å². The minimum Gasteiger partial charge on any atom is -0.493 e. The number of hydrogen-bond donors (Lipinski definition) is 0. The highest BCUT2D eigenvalue weighted by molar-refractivity contribution is 6.18. The minimum absolute atomic E-state index is 0.184. The van der Waals surface area contributed by atoms with Crippen molar-refractivity contribution in [2.24, 2.45) is 0 Å². The van der Waals surface area contributed by atoms with Crippen molar-refractivity contribution >= 4 is 16.6 Å². The van der Waals surface area contributed by atoms with E-state index in [9.17, 15) is 4.79 Å². The van der Waals surface area contributed by atoms with Crippen LogP contribution >= 0.6 is 0 Å². The summed E-state index contributed by atoms with van der Waals surface area (Å²) in [4.78, 5) is 13.6. The molecule has 3 rings (SSSR count). The third-order valence-electron chi connectivity index (χ3n) is 4.62. The second kappa shape index (κ2) is 9.15. The highest BCUT2D eigenvalue weighted by Gasteiger charge is 2.22. The van der Waals surface area contributed by atoms with Crippen LogP contribution in [0, 0.1) is 0 Å². The first kappa shape index (κ1) is 20.3. The summed E-state index contributed by atoms with van der Waals surface area (Å²) in [7, 11) is 4.57. The molecule has 0 fully saturated rings. The first-order valence-electron chi connectivity index (χ1n) is 9.25. The molecule has 3 aromatic carbocycles. The van der Waals surface area contributed by atoms with Gasteiger partial charge in [-0.05, 0) is 35.9 Å². The Balaban J connectivity index is 2.19. The zero-order valence-electron chi connectivity index (χ0n) is 17.0. The standard InChI is InChI=1S/C24H24O5/c1-5-6-13-29-19-12-11-16-9-7-8-10-18(16)22(19)23(25)17-14-20(26-2)24(28-4)21(15-17)27-3/h5-12,14-15H,13H2,1-4H3. The van der Waals surface area contributed by atoms with Gasteiger partial charge in [-0.1, -0.05) is 42.5 Å². The summed E-state index contributed by atoms with van der Waals surface area (Å²) in [6, 6.07) is 14.8. The first-order chi connectivity index (χ1) is 14.1. The van der Waals surface area contributed by atoms with Gasteiger partial charge in [-0.25, -0.2) is 0 Å². The van der Waals surface area contributed by atoms with Gasteiger partial charge in [0, 0.05) is 5.56 Å². The van der Waals surface area contributed by atoms with E-state index in [1.54, 1.807) is 12.1 Å². The number of fused-ring (bicyclic) bond motifs is 1. The van der Waals surface area contributed by atoms with E-state index in [-0.39, 0.29) is 5.78 Å². The molecule has 0 aliphatic carbocycles. The lowest BCUT2D eigenvalue weighted by Crippen LogP contribution is -2.08. The van der Waals surface area contributed by atoms with E-state index in [1.807, 2.05) is 55.5 Å². The Kier molecular flexibility index (Phi) is 6.39. The maximum absolute atomic E-state index is 13.6. The van der Waals surface area contributed by atoms with Crippen LogP contribution in [0.2, 0.25) is 0 Å². The fourth-order valence-electron chi connectivity index (χ4n) is 3.20. The number of hydrogen-bond acceptors (Lipinski definition) is 5. The highest BCUT2D eigenvalue weighted by Crippen LogP contribution is 2.40. The minimum atomic E-state index is -0.184. The molecule has 5 heteroatoms. The van der Waals surface area contributed by atoms with Gasteiger partial charge in [0.15, 0.2) is 17.3 Å². The van der Waals surface area contributed by atoms with Crippen molar-refractivity contribution in [3.8, 4) is 23.0 Å². The summed E-state index contributed by atoms with van der Waals surface area (Å²) in [5.74, 6) is 1.63. The average Bonchev–Trinajstić information content (AvgIpc) is 2.77. The maximum atomic E-state index is 13.6. The number of carbonyl (C=O) groups is 1. The third kappa shape index (κ3) is 4.04. The number of benzene rings is 3. The van der Waals surface area contributed by atoms with Crippen molar-refractivity contribution in [3.05, 3.63) is 71.8 Å². The third-order valence-corrected chi connectivity index (χ3v) is 4.62. The van der Waals surface area contributed by atoms with E-state index in [1.165, 1.54) is 21.3 Å². The largest absolute Gasteiger partial charge is 0.493 e. The Labute approximate surface area is 170 Å². The molecule has 0 N–H and O–H groups in total. The number of allylic oxidation sites excluding steroid dienone is 1. The fraction of sp³-hybridized carbons (Fsp3) is 0.208.